The Morgan fingerprint density at radius 2 is 2.50 bits per heavy atom. The van der Waals surface area contributed by atoms with Crippen molar-refractivity contribution in [3.8, 4) is 0 Å². The van der Waals surface area contributed by atoms with E-state index in [9.17, 15) is 9.90 Å². The predicted molar refractivity (Wildman–Crippen MR) is 67.6 cm³/mol. The van der Waals surface area contributed by atoms with Crippen LogP contribution in [0, 0.1) is 0 Å². The van der Waals surface area contributed by atoms with Gasteiger partial charge < -0.3 is 20.5 Å². The van der Waals surface area contributed by atoms with Crippen molar-refractivity contribution in [1.29, 1.82) is 0 Å². The summed E-state index contributed by atoms with van der Waals surface area (Å²) in [5.74, 6) is 0.145. The summed E-state index contributed by atoms with van der Waals surface area (Å²) < 4.78 is 5.43. The molecular formula is C12H19N3O3. The molecule has 6 nitrogen and oxygen atoms in total. The molecule has 0 bridgehead atoms. The minimum atomic E-state index is -0.307. The lowest BCUT2D eigenvalue weighted by Gasteiger charge is -2.13. The lowest BCUT2D eigenvalue weighted by atomic mass is 10.2. The quantitative estimate of drug-likeness (QED) is 0.491. The monoisotopic (exact) mass is 253 g/mol. The SMILES string of the molecule is C/C(O)=C(/C(=O)NC[C@H]1CCCO1)C1=NCCN1. The molecule has 100 valence electrons. The number of hydrogen-bond donors (Lipinski definition) is 3. The van der Waals surface area contributed by atoms with Gasteiger partial charge in [0, 0.05) is 19.7 Å². The number of aliphatic hydroxyl groups excluding tert-OH is 1. The first-order valence-corrected chi connectivity index (χ1v) is 6.27. The van der Waals surface area contributed by atoms with E-state index in [4.69, 9.17) is 4.74 Å². The van der Waals surface area contributed by atoms with Crippen LogP contribution >= 0.6 is 0 Å². The fourth-order valence-corrected chi connectivity index (χ4v) is 2.11. The van der Waals surface area contributed by atoms with Gasteiger partial charge in [-0.15, -0.1) is 0 Å². The van der Waals surface area contributed by atoms with Crippen LogP contribution in [0.2, 0.25) is 0 Å². The second kappa shape index (κ2) is 5.86. The standard InChI is InChI=1S/C12H19N3O3/c1-8(16)10(11-13-4-5-14-11)12(17)15-7-9-3-2-6-18-9/h9,16H,2-7H2,1H3,(H,13,14)(H,15,17)/b10-8-/t9-/m1/s1. The number of aliphatic hydroxyl groups is 1. The predicted octanol–water partition coefficient (Wildman–Crippen LogP) is 0.115. The van der Waals surface area contributed by atoms with E-state index in [0.29, 0.717) is 25.5 Å². The number of ether oxygens (including phenoxy) is 1. The number of rotatable bonds is 4. The molecule has 18 heavy (non-hydrogen) atoms. The zero-order valence-electron chi connectivity index (χ0n) is 10.5. The number of amides is 1. The van der Waals surface area contributed by atoms with Gasteiger partial charge in [0.25, 0.3) is 5.91 Å². The van der Waals surface area contributed by atoms with Gasteiger partial charge in [-0.25, -0.2) is 0 Å². The minimum Gasteiger partial charge on any atom is -0.512 e. The van der Waals surface area contributed by atoms with Crippen molar-refractivity contribution >= 4 is 11.7 Å². The van der Waals surface area contributed by atoms with Crippen LogP contribution in [0.3, 0.4) is 0 Å². The number of amidine groups is 1. The second-order valence-electron chi connectivity index (χ2n) is 4.46. The van der Waals surface area contributed by atoms with Crippen molar-refractivity contribution in [2.24, 2.45) is 4.99 Å². The maximum absolute atomic E-state index is 12.0. The van der Waals surface area contributed by atoms with E-state index in [-0.39, 0.29) is 23.3 Å². The largest absolute Gasteiger partial charge is 0.512 e. The van der Waals surface area contributed by atoms with Crippen molar-refractivity contribution < 1.29 is 14.6 Å². The fraction of sp³-hybridized carbons (Fsp3) is 0.667. The number of aliphatic imine (C=N–C) groups is 1. The minimum absolute atomic E-state index is 0.0204. The highest BCUT2D eigenvalue weighted by atomic mass is 16.5. The van der Waals surface area contributed by atoms with Crippen molar-refractivity contribution in [3.63, 3.8) is 0 Å². The molecule has 1 saturated heterocycles. The van der Waals surface area contributed by atoms with Crippen molar-refractivity contribution in [2.45, 2.75) is 25.9 Å². The Hall–Kier alpha value is -1.56. The van der Waals surface area contributed by atoms with Gasteiger partial charge in [0.1, 0.15) is 17.2 Å². The van der Waals surface area contributed by atoms with Gasteiger partial charge in [0.2, 0.25) is 0 Å². The molecule has 0 aromatic heterocycles. The van der Waals surface area contributed by atoms with Gasteiger partial charge in [0.05, 0.1) is 12.6 Å². The van der Waals surface area contributed by atoms with Crippen molar-refractivity contribution in [2.75, 3.05) is 26.2 Å². The Morgan fingerprint density at radius 1 is 1.67 bits per heavy atom. The Bertz CT molecular complexity index is 380. The Morgan fingerprint density at radius 3 is 3.06 bits per heavy atom. The molecule has 2 aliphatic heterocycles. The highest BCUT2D eigenvalue weighted by Crippen LogP contribution is 2.11. The van der Waals surface area contributed by atoms with Gasteiger partial charge >= 0.3 is 0 Å². The number of carbonyl (C=O) groups is 1. The molecule has 1 atom stereocenters. The summed E-state index contributed by atoms with van der Waals surface area (Å²) in [4.78, 5) is 16.2. The van der Waals surface area contributed by atoms with E-state index >= 15 is 0 Å². The van der Waals surface area contributed by atoms with Gasteiger partial charge in [-0.3, -0.25) is 9.79 Å². The summed E-state index contributed by atoms with van der Waals surface area (Å²) >= 11 is 0. The van der Waals surface area contributed by atoms with Crippen LogP contribution in [0.15, 0.2) is 16.3 Å². The third-order valence-electron chi connectivity index (χ3n) is 3.01. The van der Waals surface area contributed by atoms with Gasteiger partial charge in [-0.2, -0.15) is 0 Å². The molecule has 2 aliphatic rings. The van der Waals surface area contributed by atoms with E-state index < -0.39 is 0 Å². The second-order valence-corrected chi connectivity index (χ2v) is 4.46. The molecule has 0 aromatic carbocycles. The smallest absolute Gasteiger partial charge is 0.258 e. The molecule has 3 N–H and O–H groups in total. The Labute approximate surface area is 106 Å². The summed E-state index contributed by atoms with van der Waals surface area (Å²) in [6, 6.07) is 0. The molecule has 1 amide bonds. The zero-order valence-corrected chi connectivity index (χ0v) is 10.5. The zero-order chi connectivity index (χ0) is 13.0. The van der Waals surface area contributed by atoms with E-state index in [2.05, 4.69) is 15.6 Å². The fourth-order valence-electron chi connectivity index (χ4n) is 2.11. The van der Waals surface area contributed by atoms with Crippen LogP contribution in [-0.2, 0) is 9.53 Å². The average Bonchev–Trinajstić information content (AvgIpc) is 2.99. The first kappa shape index (κ1) is 12.9. The van der Waals surface area contributed by atoms with E-state index in [1.807, 2.05) is 0 Å². The molecule has 1 fully saturated rings. The van der Waals surface area contributed by atoms with E-state index in [1.54, 1.807) is 0 Å². The van der Waals surface area contributed by atoms with Crippen LogP contribution in [0.25, 0.3) is 0 Å². The van der Waals surface area contributed by atoms with Crippen LogP contribution in [-0.4, -0.2) is 49.2 Å². The van der Waals surface area contributed by atoms with E-state index in [0.717, 1.165) is 19.4 Å². The third kappa shape index (κ3) is 3.01. The number of nitrogens with zero attached hydrogens (tertiary/aromatic N) is 1. The molecule has 0 saturated carbocycles. The van der Waals surface area contributed by atoms with Crippen LogP contribution in [0.1, 0.15) is 19.8 Å². The molecule has 0 aromatic rings. The van der Waals surface area contributed by atoms with Crippen LogP contribution < -0.4 is 10.6 Å². The number of allylic oxidation sites excluding steroid dienone is 1. The molecule has 0 radical (unpaired) electrons. The first-order chi connectivity index (χ1) is 8.68. The number of carbonyl (C=O) groups excluding carboxylic acids is 1. The maximum atomic E-state index is 12.0. The summed E-state index contributed by atoms with van der Waals surface area (Å²) in [6.07, 6.45) is 2.10. The van der Waals surface area contributed by atoms with Gasteiger partial charge in [-0.05, 0) is 19.8 Å². The van der Waals surface area contributed by atoms with Gasteiger partial charge in [0.15, 0.2) is 0 Å². The van der Waals surface area contributed by atoms with Crippen molar-refractivity contribution in [3.05, 3.63) is 11.3 Å². The summed E-state index contributed by atoms with van der Waals surface area (Å²) in [5, 5.41) is 15.4. The summed E-state index contributed by atoms with van der Waals surface area (Å²) in [7, 11) is 0. The highest BCUT2D eigenvalue weighted by Gasteiger charge is 2.23. The number of hydrogen-bond acceptors (Lipinski definition) is 5. The summed E-state index contributed by atoms with van der Waals surface area (Å²) in [6.45, 7) is 4.05. The van der Waals surface area contributed by atoms with Crippen LogP contribution in [0.5, 0.6) is 0 Å². The third-order valence-corrected chi connectivity index (χ3v) is 3.01. The first-order valence-electron chi connectivity index (χ1n) is 6.27. The van der Waals surface area contributed by atoms with Crippen LogP contribution in [0.4, 0.5) is 0 Å². The molecule has 0 unspecified atom stereocenters. The Balaban J connectivity index is 1.94. The molecule has 6 heteroatoms. The van der Waals surface area contributed by atoms with E-state index in [1.165, 1.54) is 6.92 Å². The van der Waals surface area contributed by atoms with Gasteiger partial charge in [-0.1, -0.05) is 0 Å². The Kier molecular flexibility index (Phi) is 4.19. The lowest BCUT2D eigenvalue weighted by molar-refractivity contribution is -0.117. The van der Waals surface area contributed by atoms with Crippen molar-refractivity contribution in [1.82, 2.24) is 10.6 Å². The maximum Gasteiger partial charge on any atom is 0.258 e. The molecular weight excluding hydrogens is 234 g/mol. The topological polar surface area (TPSA) is 83.0 Å². The highest BCUT2D eigenvalue weighted by molar-refractivity contribution is 6.21. The average molecular weight is 253 g/mol. The summed E-state index contributed by atoms with van der Waals surface area (Å²) in [5.41, 5.74) is 0.227. The lowest BCUT2D eigenvalue weighted by Crippen LogP contribution is -2.37. The molecule has 2 heterocycles. The number of nitrogens with one attached hydrogen (secondary N) is 2. The normalized spacial score (nSPS) is 24.3. The molecule has 2 rings (SSSR count). The molecule has 0 spiro atoms. The molecule has 0 aliphatic carbocycles.